The van der Waals surface area contributed by atoms with Crippen LogP contribution in [0.15, 0.2) is 53.3 Å². The first kappa shape index (κ1) is 23.2. The molecular formula is C27H35N5O. The summed E-state index contributed by atoms with van der Waals surface area (Å²) in [7, 11) is 4.20. The number of anilines is 2. The monoisotopic (exact) mass is 445 g/mol. The zero-order chi connectivity index (χ0) is 23.5. The molecule has 1 aliphatic rings. The first-order chi connectivity index (χ1) is 15.8. The number of benzene rings is 2. The smallest absolute Gasteiger partial charge is 0.259 e. The average Bonchev–Trinajstić information content (AvgIpc) is 2.77. The van der Waals surface area contributed by atoms with E-state index in [1.807, 2.05) is 29.7 Å². The molecule has 0 saturated heterocycles. The van der Waals surface area contributed by atoms with E-state index in [-0.39, 0.29) is 5.56 Å². The Balaban J connectivity index is 1.75. The van der Waals surface area contributed by atoms with Crippen LogP contribution in [0.4, 0.5) is 11.6 Å². The van der Waals surface area contributed by atoms with Crippen molar-refractivity contribution >= 4 is 11.6 Å². The van der Waals surface area contributed by atoms with Gasteiger partial charge in [-0.1, -0.05) is 48.0 Å². The molecule has 0 amide bonds. The van der Waals surface area contributed by atoms with Crippen LogP contribution in [0.2, 0.25) is 0 Å². The summed E-state index contributed by atoms with van der Waals surface area (Å²) in [6, 6.07) is 16.6. The van der Waals surface area contributed by atoms with Gasteiger partial charge in [-0.25, -0.2) is 4.98 Å². The number of fused-ring (bicyclic) bond motifs is 1. The van der Waals surface area contributed by atoms with Crippen molar-refractivity contribution in [2.75, 3.05) is 38.8 Å². The Bertz CT molecular complexity index is 1170. The van der Waals surface area contributed by atoms with Crippen LogP contribution < -0.4 is 10.5 Å². The molecule has 0 radical (unpaired) electrons. The van der Waals surface area contributed by atoms with Crippen LogP contribution in [-0.4, -0.2) is 53.2 Å². The van der Waals surface area contributed by atoms with Crippen LogP contribution in [0.25, 0.3) is 0 Å². The van der Waals surface area contributed by atoms with Gasteiger partial charge in [0.2, 0.25) is 5.95 Å². The van der Waals surface area contributed by atoms with Gasteiger partial charge in [-0.2, -0.15) is 0 Å². The molecule has 1 aliphatic heterocycles. The number of hydrogen-bond donors (Lipinski definition) is 0. The Hall–Kier alpha value is -2.96. The van der Waals surface area contributed by atoms with E-state index in [4.69, 9.17) is 4.98 Å². The third-order valence-electron chi connectivity index (χ3n) is 6.32. The van der Waals surface area contributed by atoms with Gasteiger partial charge in [0.15, 0.2) is 0 Å². The minimum Gasteiger partial charge on any atom is -0.309 e. The number of aryl methyl sites for hydroxylation is 3. The summed E-state index contributed by atoms with van der Waals surface area (Å²) < 4.78 is 1.86. The van der Waals surface area contributed by atoms with Crippen LogP contribution in [0.3, 0.4) is 0 Å². The molecule has 6 heteroatoms. The first-order valence-electron chi connectivity index (χ1n) is 11.7. The van der Waals surface area contributed by atoms with E-state index in [1.54, 1.807) is 0 Å². The molecule has 0 saturated carbocycles. The lowest BCUT2D eigenvalue weighted by atomic mass is 10.0. The second-order valence-electron chi connectivity index (χ2n) is 9.42. The molecule has 0 aliphatic carbocycles. The Kier molecular flexibility index (Phi) is 6.96. The predicted molar refractivity (Wildman–Crippen MR) is 135 cm³/mol. The van der Waals surface area contributed by atoms with E-state index in [1.165, 1.54) is 11.1 Å². The molecule has 2 aromatic carbocycles. The van der Waals surface area contributed by atoms with E-state index in [9.17, 15) is 4.79 Å². The van der Waals surface area contributed by atoms with E-state index >= 15 is 0 Å². The summed E-state index contributed by atoms with van der Waals surface area (Å²) >= 11 is 0. The van der Waals surface area contributed by atoms with Gasteiger partial charge in [0.05, 0.1) is 19.0 Å². The fraction of sp³-hybridized carbons (Fsp3) is 0.407. The van der Waals surface area contributed by atoms with Gasteiger partial charge in [-0.15, -0.1) is 0 Å². The fourth-order valence-corrected chi connectivity index (χ4v) is 4.58. The highest BCUT2D eigenvalue weighted by molar-refractivity contribution is 5.63. The quantitative estimate of drug-likeness (QED) is 0.548. The molecule has 0 fully saturated rings. The van der Waals surface area contributed by atoms with E-state index in [0.717, 1.165) is 54.6 Å². The zero-order valence-electron chi connectivity index (χ0n) is 20.5. The summed E-state index contributed by atoms with van der Waals surface area (Å²) in [4.78, 5) is 25.5. The highest BCUT2D eigenvalue weighted by Crippen LogP contribution is 2.31. The Morgan fingerprint density at radius 2 is 1.76 bits per heavy atom. The summed E-state index contributed by atoms with van der Waals surface area (Å²) in [5.41, 5.74) is 6.31. The normalized spacial score (nSPS) is 14.1. The topological polar surface area (TPSA) is 44.6 Å². The molecule has 0 unspecified atom stereocenters. The number of rotatable bonds is 7. The van der Waals surface area contributed by atoms with Crippen LogP contribution in [-0.2, 0) is 13.1 Å². The molecule has 0 bridgehead atoms. The van der Waals surface area contributed by atoms with Crippen LogP contribution in [0.5, 0.6) is 0 Å². The third-order valence-corrected chi connectivity index (χ3v) is 6.32. The average molecular weight is 446 g/mol. The molecule has 174 valence electrons. The van der Waals surface area contributed by atoms with Crippen molar-refractivity contribution in [1.29, 1.82) is 0 Å². The maximum Gasteiger partial charge on any atom is 0.259 e. The Labute approximate surface area is 197 Å². The molecule has 2 heterocycles. The summed E-state index contributed by atoms with van der Waals surface area (Å²) in [5.74, 6) is 0.741. The van der Waals surface area contributed by atoms with Crippen molar-refractivity contribution < 1.29 is 0 Å². The maximum atomic E-state index is 13.7. The molecule has 0 atom stereocenters. The van der Waals surface area contributed by atoms with Gasteiger partial charge >= 0.3 is 0 Å². The molecule has 3 aromatic rings. The SMILES string of the molecule is Cc1ccc(N2CN(CCCN(C)C)Cn3c2nc(C)c(Cc2ccccc2)c3=O)c(C)c1. The highest BCUT2D eigenvalue weighted by atomic mass is 16.1. The van der Waals surface area contributed by atoms with E-state index in [2.05, 4.69) is 73.0 Å². The maximum absolute atomic E-state index is 13.7. The summed E-state index contributed by atoms with van der Waals surface area (Å²) in [6.07, 6.45) is 1.65. The zero-order valence-corrected chi connectivity index (χ0v) is 20.5. The van der Waals surface area contributed by atoms with Gasteiger partial charge in [0, 0.05) is 24.2 Å². The Morgan fingerprint density at radius 3 is 2.45 bits per heavy atom. The van der Waals surface area contributed by atoms with Crippen LogP contribution in [0.1, 0.15) is 34.4 Å². The van der Waals surface area contributed by atoms with Gasteiger partial charge in [-0.05, 0) is 65.0 Å². The van der Waals surface area contributed by atoms with Crippen molar-refractivity contribution in [3.05, 3.63) is 86.8 Å². The fourth-order valence-electron chi connectivity index (χ4n) is 4.58. The second kappa shape index (κ2) is 9.89. The lowest BCUT2D eigenvalue weighted by Crippen LogP contribution is -2.48. The molecule has 1 aromatic heterocycles. The lowest BCUT2D eigenvalue weighted by Gasteiger charge is -2.39. The van der Waals surface area contributed by atoms with Crippen molar-refractivity contribution in [2.45, 2.75) is 40.3 Å². The number of aromatic nitrogens is 2. The van der Waals surface area contributed by atoms with Crippen molar-refractivity contribution in [1.82, 2.24) is 19.4 Å². The minimum absolute atomic E-state index is 0.0634. The molecular weight excluding hydrogens is 410 g/mol. The van der Waals surface area contributed by atoms with Crippen molar-refractivity contribution in [3.63, 3.8) is 0 Å². The molecule has 33 heavy (non-hydrogen) atoms. The molecule has 4 rings (SSSR count). The Morgan fingerprint density at radius 1 is 1.00 bits per heavy atom. The first-order valence-corrected chi connectivity index (χ1v) is 11.7. The van der Waals surface area contributed by atoms with E-state index in [0.29, 0.717) is 13.1 Å². The lowest BCUT2D eigenvalue weighted by molar-refractivity contribution is 0.189. The number of nitrogens with zero attached hydrogens (tertiary/aromatic N) is 5. The van der Waals surface area contributed by atoms with Gasteiger partial charge in [0.1, 0.15) is 0 Å². The number of hydrogen-bond acceptors (Lipinski definition) is 5. The van der Waals surface area contributed by atoms with Crippen molar-refractivity contribution in [3.8, 4) is 0 Å². The van der Waals surface area contributed by atoms with E-state index < -0.39 is 0 Å². The molecule has 0 N–H and O–H groups in total. The summed E-state index contributed by atoms with van der Waals surface area (Å²) in [6.45, 7) is 9.44. The third kappa shape index (κ3) is 5.18. The highest BCUT2D eigenvalue weighted by Gasteiger charge is 2.28. The van der Waals surface area contributed by atoms with Crippen molar-refractivity contribution in [2.24, 2.45) is 0 Å². The van der Waals surface area contributed by atoms with Crippen LogP contribution >= 0.6 is 0 Å². The van der Waals surface area contributed by atoms with Gasteiger partial charge in [0.25, 0.3) is 5.56 Å². The minimum atomic E-state index is 0.0634. The predicted octanol–water partition coefficient (Wildman–Crippen LogP) is 4.08. The van der Waals surface area contributed by atoms with Crippen LogP contribution in [0, 0.1) is 20.8 Å². The molecule has 6 nitrogen and oxygen atoms in total. The second-order valence-corrected chi connectivity index (χ2v) is 9.42. The summed E-state index contributed by atoms with van der Waals surface area (Å²) in [5, 5.41) is 0. The van der Waals surface area contributed by atoms with Gasteiger partial charge < -0.3 is 4.90 Å². The van der Waals surface area contributed by atoms with Gasteiger partial charge in [-0.3, -0.25) is 19.2 Å². The standard InChI is InChI=1S/C27H35N5O/c1-20-12-13-25(21(2)16-20)31-18-30(15-9-14-29(4)5)19-32-26(33)24(22(3)28-27(31)32)17-23-10-7-6-8-11-23/h6-8,10-13,16H,9,14-15,17-19H2,1-5H3. The largest absolute Gasteiger partial charge is 0.309 e. The molecule has 0 spiro atoms.